The first-order valence-corrected chi connectivity index (χ1v) is 13.1. The fourth-order valence-electron chi connectivity index (χ4n) is 4.07. The fraction of sp³-hybridized carbons (Fsp3) is 0.143. The number of carbonyl (C=O) groups is 2. The van der Waals surface area contributed by atoms with Gasteiger partial charge in [0.1, 0.15) is 16.3 Å². The molecule has 0 bridgehead atoms. The number of fused-ring (bicyclic) bond motifs is 1. The van der Waals surface area contributed by atoms with E-state index in [0.717, 1.165) is 32.5 Å². The quantitative estimate of drug-likeness (QED) is 0.240. The molecule has 2 aromatic carbocycles. The molecule has 0 fully saturated rings. The standard InChI is InChI=1S/C28H24N2O3S2/c1-3-33-28(32)25-21(20-11-9-18(2)10-12-20)17-35-27(25)29-26(31)23-15-24-22(13-14-34-24)30(23)16-19-7-5-4-6-8-19/h4-15,17H,3,16H2,1-2H3,(H,29,31). The van der Waals surface area contributed by atoms with Crippen LogP contribution in [0.5, 0.6) is 0 Å². The molecule has 35 heavy (non-hydrogen) atoms. The topological polar surface area (TPSA) is 60.3 Å². The Morgan fingerprint density at radius 1 is 1.00 bits per heavy atom. The number of thiophene rings is 2. The second kappa shape index (κ2) is 9.90. The zero-order valence-electron chi connectivity index (χ0n) is 19.4. The number of aromatic nitrogens is 1. The highest BCUT2D eigenvalue weighted by Crippen LogP contribution is 2.37. The van der Waals surface area contributed by atoms with Crippen molar-refractivity contribution in [2.75, 3.05) is 11.9 Å². The maximum atomic E-state index is 13.5. The largest absolute Gasteiger partial charge is 0.462 e. The average molecular weight is 501 g/mol. The van der Waals surface area contributed by atoms with E-state index >= 15 is 0 Å². The van der Waals surface area contributed by atoms with Crippen LogP contribution in [0.2, 0.25) is 0 Å². The third-order valence-electron chi connectivity index (χ3n) is 5.80. The van der Waals surface area contributed by atoms with Gasteiger partial charge in [0.25, 0.3) is 5.91 Å². The number of carbonyl (C=O) groups excluding carboxylic acids is 2. The SMILES string of the molecule is CCOC(=O)c1c(-c2ccc(C)cc2)csc1NC(=O)c1cc2sccc2n1Cc1ccccc1. The Morgan fingerprint density at radius 3 is 2.51 bits per heavy atom. The number of hydrogen-bond acceptors (Lipinski definition) is 5. The lowest BCUT2D eigenvalue weighted by Crippen LogP contribution is -2.18. The number of nitrogens with one attached hydrogen (secondary N) is 1. The number of benzene rings is 2. The van der Waals surface area contributed by atoms with Crippen molar-refractivity contribution in [2.45, 2.75) is 20.4 Å². The summed E-state index contributed by atoms with van der Waals surface area (Å²) in [7, 11) is 0. The molecule has 1 N–H and O–H groups in total. The molecule has 3 heterocycles. The molecule has 5 rings (SSSR count). The molecule has 3 aromatic heterocycles. The van der Waals surface area contributed by atoms with Crippen LogP contribution in [0.3, 0.4) is 0 Å². The van der Waals surface area contributed by atoms with E-state index < -0.39 is 5.97 Å². The lowest BCUT2D eigenvalue weighted by molar-refractivity contribution is 0.0529. The van der Waals surface area contributed by atoms with Crippen LogP contribution in [-0.4, -0.2) is 23.1 Å². The molecule has 0 aliphatic carbocycles. The molecule has 1 amide bonds. The van der Waals surface area contributed by atoms with E-state index in [1.807, 2.05) is 89.0 Å². The van der Waals surface area contributed by atoms with E-state index in [9.17, 15) is 9.59 Å². The first-order valence-electron chi connectivity index (χ1n) is 11.3. The van der Waals surface area contributed by atoms with Gasteiger partial charge < -0.3 is 14.6 Å². The maximum Gasteiger partial charge on any atom is 0.341 e. The molecule has 0 aliphatic rings. The molecule has 176 valence electrons. The zero-order chi connectivity index (χ0) is 24.4. The third-order valence-corrected chi connectivity index (χ3v) is 7.55. The molecule has 0 aliphatic heterocycles. The fourth-order valence-corrected chi connectivity index (χ4v) is 5.84. The number of nitrogens with zero attached hydrogens (tertiary/aromatic N) is 1. The lowest BCUT2D eigenvalue weighted by Gasteiger charge is -2.12. The Labute approximate surface area is 211 Å². The maximum absolute atomic E-state index is 13.5. The summed E-state index contributed by atoms with van der Waals surface area (Å²) < 4.78 is 8.42. The number of rotatable bonds is 7. The van der Waals surface area contributed by atoms with Crippen LogP contribution in [0.25, 0.3) is 21.3 Å². The van der Waals surface area contributed by atoms with Crippen molar-refractivity contribution < 1.29 is 14.3 Å². The molecule has 0 unspecified atom stereocenters. The van der Waals surface area contributed by atoms with E-state index in [1.54, 1.807) is 18.3 Å². The summed E-state index contributed by atoms with van der Waals surface area (Å²) in [5.74, 6) is -0.701. The van der Waals surface area contributed by atoms with E-state index in [0.29, 0.717) is 22.8 Å². The first-order chi connectivity index (χ1) is 17.0. The number of anilines is 1. The number of ether oxygens (including phenoxy) is 1. The van der Waals surface area contributed by atoms with Gasteiger partial charge in [-0.15, -0.1) is 22.7 Å². The third kappa shape index (κ3) is 4.65. The minimum Gasteiger partial charge on any atom is -0.462 e. The van der Waals surface area contributed by atoms with Gasteiger partial charge in [0.05, 0.1) is 16.8 Å². The summed E-state index contributed by atoms with van der Waals surface area (Å²) in [4.78, 5) is 26.5. The van der Waals surface area contributed by atoms with E-state index in [1.165, 1.54) is 11.3 Å². The normalized spacial score (nSPS) is 11.0. The predicted octanol–water partition coefficient (Wildman–Crippen LogP) is 7.22. The molecule has 0 saturated heterocycles. The minimum absolute atomic E-state index is 0.256. The number of aryl methyl sites for hydroxylation is 1. The monoisotopic (exact) mass is 500 g/mol. The second-order valence-corrected chi connectivity index (χ2v) is 9.99. The molecule has 0 saturated carbocycles. The van der Waals surface area contributed by atoms with E-state index in [2.05, 4.69) is 5.32 Å². The summed E-state index contributed by atoms with van der Waals surface area (Å²) in [6.45, 7) is 4.63. The van der Waals surface area contributed by atoms with Crippen LogP contribution in [0.15, 0.2) is 77.5 Å². The minimum atomic E-state index is -0.444. The Hall–Kier alpha value is -3.68. The van der Waals surface area contributed by atoms with Crippen molar-refractivity contribution in [3.63, 3.8) is 0 Å². The van der Waals surface area contributed by atoms with Crippen molar-refractivity contribution in [1.82, 2.24) is 4.57 Å². The van der Waals surface area contributed by atoms with Crippen molar-refractivity contribution >= 4 is 49.8 Å². The number of hydrogen-bond donors (Lipinski definition) is 1. The van der Waals surface area contributed by atoms with Crippen molar-refractivity contribution in [1.29, 1.82) is 0 Å². The lowest BCUT2D eigenvalue weighted by atomic mass is 10.0. The van der Waals surface area contributed by atoms with Gasteiger partial charge in [-0.1, -0.05) is 60.2 Å². The molecular weight excluding hydrogens is 476 g/mol. The van der Waals surface area contributed by atoms with Crippen LogP contribution in [-0.2, 0) is 11.3 Å². The van der Waals surface area contributed by atoms with Crippen molar-refractivity contribution in [2.24, 2.45) is 0 Å². The summed E-state index contributed by atoms with van der Waals surface area (Å²) in [5, 5.41) is 7.42. The van der Waals surface area contributed by atoms with Gasteiger partial charge in [0, 0.05) is 17.5 Å². The van der Waals surface area contributed by atoms with Gasteiger partial charge in [-0.25, -0.2) is 4.79 Å². The number of amides is 1. The summed E-state index contributed by atoms with van der Waals surface area (Å²) >= 11 is 2.93. The highest BCUT2D eigenvalue weighted by molar-refractivity contribution is 7.17. The Kier molecular flexibility index (Phi) is 6.53. The van der Waals surface area contributed by atoms with Crippen LogP contribution in [0, 0.1) is 6.92 Å². The Balaban J connectivity index is 1.52. The Bertz CT molecular complexity index is 1490. The van der Waals surface area contributed by atoms with Gasteiger partial charge in [-0.3, -0.25) is 4.79 Å². The average Bonchev–Trinajstić information content (AvgIpc) is 3.56. The smallest absolute Gasteiger partial charge is 0.341 e. The molecule has 0 radical (unpaired) electrons. The highest BCUT2D eigenvalue weighted by atomic mass is 32.1. The van der Waals surface area contributed by atoms with Gasteiger partial charge >= 0.3 is 5.97 Å². The molecule has 7 heteroatoms. The second-order valence-electron chi connectivity index (χ2n) is 8.17. The predicted molar refractivity (Wildman–Crippen MR) is 144 cm³/mol. The molecule has 5 aromatic rings. The van der Waals surface area contributed by atoms with Crippen molar-refractivity contribution in [3.8, 4) is 11.1 Å². The highest BCUT2D eigenvalue weighted by Gasteiger charge is 2.25. The first kappa shape index (κ1) is 23.1. The molecule has 5 nitrogen and oxygen atoms in total. The summed E-state index contributed by atoms with van der Waals surface area (Å²) in [6, 6.07) is 22.0. The van der Waals surface area contributed by atoms with Gasteiger partial charge in [0.15, 0.2) is 0 Å². The van der Waals surface area contributed by atoms with Crippen LogP contribution in [0.4, 0.5) is 5.00 Å². The molecule has 0 atom stereocenters. The number of esters is 1. The van der Waals surface area contributed by atoms with Crippen LogP contribution < -0.4 is 5.32 Å². The van der Waals surface area contributed by atoms with Crippen LogP contribution >= 0.6 is 22.7 Å². The van der Waals surface area contributed by atoms with Crippen LogP contribution in [0.1, 0.15) is 38.9 Å². The van der Waals surface area contributed by atoms with Gasteiger partial charge in [-0.05, 0) is 42.5 Å². The van der Waals surface area contributed by atoms with Gasteiger partial charge in [-0.2, -0.15) is 0 Å². The van der Waals surface area contributed by atoms with E-state index in [-0.39, 0.29) is 12.5 Å². The summed E-state index contributed by atoms with van der Waals surface area (Å²) in [6.07, 6.45) is 0. The van der Waals surface area contributed by atoms with Crippen molar-refractivity contribution in [3.05, 3.63) is 99.9 Å². The molecule has 0 spiro atoms. The molecular formula is C28H24N2O3S2. The van der Waals surface area contributed by atoms with Gasteiger partial charge in [0.2, 0.25) is 0 Å². The zero-order valence-corrected chi connectivity index (χ0v) is 21.0. The van der Waals surface area contributed by atoms with E-state index in [4.69, 9.17) is 4.74 Å². The Morgan fingerprint density at radius 2 is 1.77 bits per heavy atom. The summed E-state index contributed by atoms with van der Waals surface area (Å²) in [5.41, 5.74) is 5.85.